The Kier molecular flexibility index (Phi) is 4.54. The van der Waals surface area contributed by atoms with E-state index < -0.39 is 0 Å². The Balaban J connectivity index is 3.91. The molecule has 0 aromatic rings. The van der Waals surface area contributed by atoms with E-state index in [9.17, 15) is 4.79 Å². The minimum Gasteiger partial charge on any atom is -0.411 e. The monoisotopic (exact) mass is 143 g/mol. The molecular formula is C7H13NO2. The highest BCUT2D eigenvalue weighted by Gasteiger charge is 2.07. The van der Waals surface area contributed by atoms with E-state index in [2.05, 4.69) is 5.16 Å². The van der Waals surface area contributed by atoms with Crippen LogP contribution >= 0.6 is 0 Å². The summed E-state index contributed by atoms with van der Waals surface area (Å²) in [7, 11) is 0. The zero-order chi connectivity index (χ0) is 7.98. The first-order valence-corrected chi connectivity index (χ1v) is 3.50. The summed E-state index contributed by atoms with van der Waals surface area (Å²) in [5.74, 6) is -0.0486. The quantitative estimate of drug-likeness (QED) is 0.369. The summed E-state index contributed by atoms with van der Waals surface area (Å²) in [5, 5.41) is 11.2. The van der Waals surface area contributed by atoms with Gasteiger partial charge in [0.05, 0.1) is 0 Å². The average molecular weight is 143 g/mol. The molecule has 10 heavy (non-hydrogen) atoms. The van der Waals surface area contributed by atoms with E-state index in [-0.39, 0.29) is 11.5 Å². The molecule has 0 aromatic heterocycles. The SMILES string of the molecule is CCCC(=O)/C(CC)=N\O. The van der Waals surface area contributed by atoms with Gasteiger partial charge < -0.3 is 5.21 Å². The van der Waals surface area contributed by atoms with Crippen molar-refractivity contribution >= 4 is 11.5 Å². The smallest absolute Gasteiger partial charge is 0.180 e. The molecule has 0 saturated heterocycles. The van der Waals surface area contributed by atoms with E-state index in [1.807, 2.05) is 6.92 Å². The van der Waals surface area contributed by atoms with E-state index in [1.54, 1.807) is 6.92 Å². The molecule has 0 aliphatic heterocycles. The van der Waals surface area contributed by atoms with Crippen molar-refractivity contribution in [3.8, 4) is 0 Å². The van der Waals surface area contributed by atoms with Gasteiger partial charge in [-0.25, -0.2) is 0 Å². The van der Waals surface area contributed by atoms with Gasteiger partial charge in [-0.1, -0.05) is 19.0 Å². The lowest BCUT2D eigenvalue weighted by Gasteiger charge is -1.96. The van der Waals surface area contributed by atoms with E-state index in [1.165, 1.54) is 0 Å². The Hall–Kier alpha value is -0.860. The Morgan fingerprint density at radius 1 is 1.50 bits per heavy atom. The van der Waals surface area contributed by atoms with E-state index >= 15 is 0 Å². The predicted octanol–water partition coefficient (Wildman–Crippen LogP) is 1.60. The Morgan fingerprint density at radius 2 is 2.10 bits per heavy atom. The number of hydrogen-bond acceptors (Lipinski definition) is 3. The zero-order valence-electron chi connectivity index (χ0n) is 6.42. The van der Waals surface area contributed by atoms with Crippen LogP contribution in [0.15, 0.2) is 5.16 Å². The van der Waals surface area contributed by atoms with Gasteiger partial charge in [0.1, 0.15) is 5.71 Å². The molecule has 3 nitrogen and oxygen atoms in total. The normalized spacial score (nSPS) is 11.6. The fourth-order valence-electron chi connectivity index (χ4n) is 0.695. The minimum atomic E-state index is -0.0486. The van der Waals surface area contributed by atoms with Crippen LogP contribution in [0.3, 0.4) is 0 Å². The first-order valence-electron chi connectivity index (χ1n) is 3.50. The highest BCUT2D eigenvalue weighted by molar-refractivity contribution is 6.39. The molecule has 0 spiro atoms. The third kappa shape index (κ3) is 2.62. The second-order valence-electron chi connectivity index (χ2n) is 2.07. The van der Waals surface area contributed by atoms with Crippen LogP contribution in [0.4, 0.5) is 0 Å². The molecular weight excluding hydrogens is 130 g/mol. The van der Waals surface area contributed by atoms with Gasteiger partial charge in [0.2, 0.25) is 0 Å². The van der Waals surface area contributed by atoms with Crippen molar-refractivity contribution in [3.05, 3.63) is 0 Å². The van der Waals surface area contributed by atoms with Crippen LogP contribution in [0.5, 0.6) is 0 Å². The number of rotatable bonds is 4. The van der Waals surface area contributed by atoms with Gasteiger partial charge in [-0.3, -0.25) is 4.79 Å². The molecule has 0 fully saturated rings. The first kappa shape index (κ1) is 9.14. The predicted molar refractivity (Wildman–Crippen MR) is 39.4 cm³/mol. The fourth-order valence-corrected chi connectivity index (χ4v) is 0.695. The average Bonchev–Trinajstić information content (AvgIpc) is 1.91. The van der Waals surface area contributed by atoms with Crippen LogP contribution in [0.2, 0.25) is 0 Å². The number of hydrogen-bond donors (Lipinski definition) is 1. The number of nitrogens with zero attached hydrogens (tertiary/aromatic N) is 1. The van der Waals surface area contributed by atoms with Gasteiger partial charge in [-0.05, 0) is 12.8 Å². The molecule has 0 amide bonds. The van der Waals surface area contributed by atoms with Crippen molar-refractivity contribution in [3.63, 3.8) is 0 Å². The second kappa shape index (κ2) is 4.97. The van der Waals surface area contributed by atoms with Crippen molar-refractivity contribution in [1.82, 2.24) is 0 Å². The molecule has 1 N–H and O–H groups in total. The summed E-state index contributed by atoms with van der Waals surface area (Å²) in [5.41, 5.74) is 0.279. The summed E-state index contributed by atoms with van der Waals surface area (Å²) < 4.78 is 0. The summed E-state index contributed by atoms with van der Waals surface area (Å²) in [6, 6.07) is 0. The van der Waals surface area contributed by atoms with Gasteiger partial charge in [0.25, 0.3) is 0 Å². The number of ketones is 1. The molecule has 58 valence electrons. The standard InChI is InChI=1S/C7H13NO2/c1-3-5-7(9)6(4-2)8-10/h10H,3-5H2,1-2H3/b8-6-. The molecule has 0 heterocycles. The van der Waals surface area contributed by atoms with Crippen molar-refractivity contribution in [1.29, 1.82) is 0 Å². The van der Waals surface area contributed by atoms with Crippen molar-refractivity contribution in [2.24, 2.45) is 5.16 Å². The van der Waals surface area contributed by atoms with E-state index in [0.29, 0.717) is 12.8 Å². The highest BCUT2D eigenvalue weighted by Crippen LogP contribution is 1.95. The molecule has 0 rings (SSSR count). The molecule has 0 aliphatic rings. The molecule has 0 saturated carbocycles. The van der Waals surface area contributed by atoms with Crippen molar-refractivity contribution in [2.75, 3.05) is 0 Å². The third-order valence-corrected chi connectivity index (χ3v) is 1.25. The number of carbonyl (C=O) groups is 1. The molecule has 0 aromatic carbocycles. The number of carbonyl (C=O) groups excluding carboxylic acids is 1. The Morgan fingerprint density at radius 3 is 2.40 bits per heavy atom. The van der Waals surface area contributed by atoms with Crippen molar-refractivity contribution < 1.29 is 10.0 Å². The van der Waals surface area contributed by atoms with Crippen LogP contribution in [0, 0.1) is 0 Å². The second-order valence-corrected chi connectivity index (χ2v) is 2.07. The van der Waals surface area contributed by atoms with Crippen LogP contribution in [-0.4, -0.2) is 16.7 Å². The van der Waals surface area contributed by atoms with Gasteiger partial charge in [0.15, 0.2) is 5.78 Å². The molecule has 0 aliphatic carbocycles. The molecule has 0 unspecified atom stereocenters. The summed E-state index contributed by atoms with van der Waals surface area (Å²) in [6.45, 7) is 3.71. The lowest BCUT2D eigenvalue weighted by molar-refractivity contribution is -0.113. The topological polar surface area (TPSA) is 49.7 Å². The molecule has 0 atom stereocenters. The van der Waals surface area contributed by atoms with E-state index in [4.69, 9.17) is 5.21 Å². The fraction of sp³-hybridized carbons (Fsp3) is 0.714. The van der Waals surface area contributed by atoms with Crippen LogP contribution in [0.1, 0.15) is 33.1 Å². The van der Waals surface area contributed by atoms with Crippen LogP contribution in [0.25, 0.3) is 0 Å². The lowest BCUT2D eigenvalue weighted by atomic mass is 10.1. The lowest BCUT2D eigenvalue weighted by Crippen LogP contribution is -2.11. The Bertz CT molecular complexity index is 141. The van der Waals surface area contributed by atoms with Gasteiger partial charge in [-0.15, -0.1) is 0 Å². The van der Waals surface area contributed by atoms with Crippen LogP contribution in [-0.2, 0) is 4.79 Å². The maximum atomic E-state index is 10.9. The number of Topliss-reactive ketones (excluding diaryl/α,β-unsaturated/α-hetero) is 1. The highest BCUT2D eigenvalue weighted by atomic mass is 16.4. The van der Waals surface area contributed by atoms with Crippen molar-refractivity contribution in [2.45, 2.75) is 33.1 Å². The first-order chi connectivity index (χ1) is 4.76. The zero-order valence-corrected chi connectivity index (χ0v) is 6.42. The van der Waals surface area contributed by atoms with Crippen LogP contribution < -0.4 is 0 Å². The summed E-state index contributed by atoms with van der Waals surface area (Å²) >= 11 is 0. The van der Waals surface area contributed by atoms with Gasteiger partial charge >= 0.3 is 0 Å². The summed E-state index contributed by atoms with van der Waals surface area (Å²) in [4.78, 5) is 10.9. The molecule has 0 radical (unpaired) electrons. The third-order valence-electron chi connectivity index (χ3n) is 1.25. The molecule has 0 bridgehead atoms. The molecule has 3 heteroatoms. The number of oxime groups is 1. The van der Waals surface area contributed by atoms with E-state index in [0.717, 1.165) is 6.42 Å². The van der Waals surface area contributed by atoms with Gasteiger partial charge in [0, 0.05) is 6.42 Å². The van der Waals surface area contributed by atoms with Gasteiger partial charge in [-0.2, -0.15) is 0 Å². The largest absolute Gasteiger partial charge is 0.411 e. The maximum absolute atomic E-state index is 10.9. The summed E-state index contributed by atoms with van der Waals surface area (Å²) in [6.07, 6.45) is 1.79. The Labute approximate surface area is 60.7 Å². The minimum absolute atomic E-state index is 0.0486. The maximum Gasteiger partial charge on any atom is 0.180 e.